The van der Waals surface area contributed by atoms with E-state index in [0.29, 0.717) is 121 Å². The van der Waals surface area contributed by atoms with Gasteiger partial charge in [0.05, 0.1) is 97.7 Å². The molecule has 0 saturated carbocycles. The summed E-state index contributed by atoms with van der Waals surface area (Å²) in [5.74, 6) is 5.77. The van der Waals surface area contributed by atoms with Crippen LogP contribution in [0.4, 0.5) is 0 Å². The minimum Gasteiger partial charge on any atom is -0.490 e. The summed E-state index contributed by atoms with van der Waals surface area (Å²) < 4.78 is 52.9. The molecule has 0 N–H and O–H groups in total. The second-order valence-electron chi connectivity index (χ2n) is 25.6. The molecule has 0 spiro atoms. The molecule has 0 unspecified atom stereocenters. The summed E-state index contributed by atoms with van der Waals surface area (Å²) in [7, 11) is 0. The Morgan fingerprint density at radius 1 is 0.191 bits per heavy atom. The Morgan fingerprint density at radius 2 is 0.362 bits per heavy atom. The monoisotopic (exact) mass is 1290 g/mol. The van der Waals surface area contributed by atoms with Gasteiger partial charge in [-0.2, -0.15) is 0 Å². The van der Waals surface area contributed by atoms with Crippen molar-refractivity contribution in [2.75, 3.05) is 52.9 Å². The molecule has 7 rings (SSSR count). The topological polar surface area (TPSA) is 125 Å². The van der Waals surface area contributed by atoms with Crippen molar-refractivity contribution in [3.8, 4) is 91.0 Å². The van der Waals surface area contributed by atoms with E-state index in [2.05, 4.69) is 104 Å². The van der Waals surface area contributed by atoms with E-state index in [1.807, 2.05) is 36.4 Å². The van der Waals surface area contributed by atoms with Gasteiger partial charge < -0.3 is 37.9 Å². The third-order valence-electron chi connectivity index (χ3n) is 17.4. The Bertz CT molecular complexity index is 2830. The zero-order valence-corrected chi connectivity index (χ0v) is 59.4. The fourth-order valence-electron chi connectivity index (χ4n) is 11.6. The highest BCUT2D eigenvalue weighted by molar-refractivity contribution is 5.97. The van der Waals surface area contributed by atoms with Crippen molar-refractivity contribution in [1.82, 2.24) is 19.9 Å². The summed E-state index contributed by atoms with van der Waals surface area (Å²) in [5, 5.41) is 0. The van der Waals surface area contributed by atoms with Crippen molar-refractivity contribution in [3.63, 3.8) is 0 Å². The van der Waals surface area contributed by atoms with Crippen LogP contribution < -0.4 is 37.9 Å². The molecule has 7 aromatic rings. The molecule has 94 heavy (non-hydrogen) atoms. The Balaban J connectivity index is 1.44. The molecule has 0 bridgehead atoms. The summed E-state index contributed by atoms with van der Waals surface area (Å²) in [6, 6.07) is 29.1. The molecule has 0 atom stereocenters. The molecule has 2 heterocycles. The molecule has 0 saturated heterocycles. The van der Waals surface area contributed by atoms with Crippen LogP contribution in [0.5, 0.6) is 46.0 Å². The average Bonchev–Trinajstić information content (AvgIpc) is 0.758. The van der Waals surface area contributed by atoms with E-state index < -0.39 is 0 Å². The van der Waals surface area contributed by atoms with Gasteiger partial charge >= 0.3 is 0 Å². The van der Waals surface area contributed by atoms with Crippen LogP contribution in [0.15, 0.2) is 84.9 Å². The summed E-state index contributed by atoms with van der Waals surface area (Å²) in [6.07, 6.45) is 35.4. The summed E-state index contributed by atoms with van der Waals surface area (Å²) in [6.45, 7) is 22.7. The molecule has 0 aliphatic carbocycles. The summed E-state index contributed by atoms with van der Waals surface area (Å²) in [5.41, 5.74) is 8.95. The van der Waals surface area contributed by atoms with Gasteiger partial charge in [0, 0.05) is 22.3 Å². The number of benzene rings is 5. The van der Waals surface area contributed by atoms with E-state index in [9.17, 15) is 0 Å². The highest BCUT2D eigenvalue weighted by Crippen LogP contribution is 2.43. The number of ether oxygens (including phenoxy) is 8. The highest BCUT2D eigenvalue weighted by atomic mass is 16.5. The van der Waals surface area contributed by atoms with Crippen molar-refractivity contribution in [1.29, 1.82) is 0 Å². The standard InChI is InChI=1S/C82H118N4O8/c1-9-17-25-33-49-87-71-45-41-63(57-75(71)91-53-37-29-21-13-5)79-80(64-42-46-72(88-50-34-26-18-10-2)76(58-64)92-54-38-30-22-14-6)84-68-62-70-69(61-67(68)83-79)85-81(65-43-47-73(89-51-35-27-19-11-3)77(59-65)93-55-39-31-23-15-7)82(86-70)66-44-48-74(90-52-36-28-20-12-4)78(60-66)94-56-40-32-24-16-8/h41-48,57-62H,9-40,49-56H2,1-8H3. The maximum Gasteiger partial charge on any atom is 0.161 e. The Hall–Kier alpha value is -6.82. The van der Waals surface area contributed by atoms with Gasteiger partial charge in [0.25, 0.3) is 0 Å². The third kappa shape index (κ3) is 24.4. The minimum absolute atomic E-state index is 0.589. The lowest BCUT2D eigenvalue weighted by atomic mass is 10.0. The van der Waals surface area contributed by atoms with Crippen LogP contribution in [-0.2, 0) is 0 Å². The summed E-state index contributed by atoms with van der Waals surface area (Å²) in [4.78, 5) is 22.6. The van der Waals surface area contributed by atoms with Crippen LogP contribution in [0.1, 0.15) is 261 Å². The first-order chi connectivity index (χ1) is 46.4. The molecule has 0 radical (unpaired) electrons. The predicted octanol–water partition coefficient (Wildman–Crippen LogP) is 23.9. The van der Waals surface area contributed by atoms with Crippen LogP contribution in [0, 0.1) is 0 Å². The van der Waals surface area contributed by atoms with Crippen molar-refractivity contribution in [2.45, 2.75) is 261 Å². The Morgan fingerprint density at radius 3 is 0.532 bits per heavy atom. The smallest absolute Gasteiger partial charge is 0.161 e. The van der Waals surface area contributed by atoms with Crippen molar-refractivity contribution in [2.24, 2.45) is 0 Å². The number of hydrogen-bond acceptors (Lipinski definition) is 12. The third-order valence-corrected chi connectivity index (χ3v) is 17.4. The van der Waals surface area contributed by atoms with Gasteiger partial charge in [-0.15, -0.1) is 0 Å². The highest BCUT2D eigenvalue weighted by Gasteiger charge is 2.23. The van der Waals surface area contributed by atoms with E-state index in [4.69, 9.17) is 57.8 Å². The van der Waals surface area contributed by atoms with Crippen molar-refractivity contribution in [3.05, 3.63) is 84.9 Å². The van der Waals surface area contributed by atoms with Crippen LogP contribution in [0.3, 0.4) is 0 Å². The quantitative estimate of drug-likeness (QED) is 0.0266. The molecule has 0 aliphatic rings. The van der Waals surface area contributed by atoms with Crippen LogP contribution in [0.25, 0.3) is 67.1 Å². The molecule has 5 aromatic carbocycles. The van der Waals surface area contributed by atoms with Gasteiger partial charge in [0.2, 0.25) is 0 Å². The largest absolute Gasteiger partial charge is 0.490 e. The van der Waals surface area contributed by atoms with Crippen molar-refractivity contribution < 1.29 is 37.9 Å². The normalized spacial score (nSPS) is 11.4. The Labute approximate surface area is 566 Å². The molecule has 12 heteroatoms. The molecule has 0 aliphatic heterocycles. The van der Waals surface area contributed by atoms with E-state index >= 15 is 0 Å². The molecule has 2 aromatic heterocycles. The zero-order valence-electron chi connectivity index (χ0n) is 59.4. The maximum atomic E-state index is 6.69. The predicted molar refractivity (Wildman–Crippen MR) is 391 cm³/mol. The van der Waals surface area contributed by atoms with E-state index in [1.54, 1.807) is 0 Å². The lowest BCUT2D eigenvalue weighted by molar-refractivity contribution is 0.259. The number of unbranched alkanes of at least 4 members (excludes halogenated alkanes) is 24. The molecular formula is C82H118N4O8. The van der Waals surface area contributed by atoms with Gasteiger partial charge in [0.1, 0.15) is 0 Å². The molecular weight excluding hydrogens is 1170 g/mol. The van der Waals surface area contributed by atoms with Crippen molar-refractivity contribution >= 4 is 22.1 Å². The number of nitrogens with zero attached hydrogens (tertiary/aromatic N) is 4. The Kier molecular flexibility index (Phi) is 34.9. The van der Waals surface area contributed by atoms with Gasteiger partial charge in [-0.1, -0.05) is 209 Å². The first kappa shape index (κ1) is 74.6. The first-order valence-corrected chi connectivity index (χ1v) is 37.5. The van der Waals surface area contributed by atoms with E-state index in [0.717, 1.165) is 174 Å². The lowest BCUT2D eigenvalue weighted by Crippen LogP contribution is -2.05. The fraction of sp³-hybridized carbons (Fsp3) is 0.585. The molecule has 12 nitrogen and oxygen atoms in total. The SMILES string of the molecule is CCCCCCOc1ccc(-c2nc3cc4nc(-c5ccc(OCCCCCC)c(OCCCCCC)c5)c(-c5ccc(OCCCCCC)c(OCCCCCC)c5)nc4cc3nc2-c2ccc(OCCCCCC)c(OCCCCCC)c2)cc1OCCCCCC. The summed E-state index contributed by atoms with van der Waals surface area (Å²) >= 11 is 0. The average molecular weight is 1290 g/mol. The van der Waals surface area contributed by atoms with Gasteiger partial charge in [-0.3, -0.25) is 0 Å². The minimum atomic E-state index is 0.589. The van der Waals surface area contributed by atoms with Gasteiger partial charge in [-0.25, -0.2) is 19.9 Å². The molecule has 0 amide bonds. The number of aromatic nitrogens is 4. The number of rotatable bonds is 52. The molecule has 514 valence electrons. The maximum absolute atomic E-state index is 6.69. The van der Waals surface area contributed by atoms with Crippen LogP contribution in [0.2, 0.25) is 0 Å². The van der Waals surface area contributed by atoms with Gasteiger partial charge in [-0.05, 0) is 136 Å². The number of hydrogen-bond donors (Lipinski definition) is 0. The second-order valence-corrected chi connectivity index (χ2v) is 25.6. The zero-order chi connectivity index (χ0) is 66.2. The van der Waals surface area contributed by atoms with Crippen LogP contribution >= 0.6 is 0 Å². The lowest BCUT2D eigenvalue weighted by Gasteiger charge is -2.18. The first-order valence-electron chi connectivity index (χ1n) is 37.5. The van der Waals surface area contributed by atoms with E-state index in [1.165, 1.54) is 77.0 Å². The molecule has 0 fully saturated rings. The van der Waals surface area contributed by atoms with Crippen LogP contribution in [-0.4, -0.2) is 72.8 Å². The van der Waals surface area contributed by atoms with E-state index in [-0.39, 0.29) is 0 Å². The van der Waals surface area contributed by atoms with Gasteiger partial charge in [0.15, 0.2) is 46.0 Å². The number of fused-ring (bicyclic) bond motifs is 2. The second kappa shape index (κ2) is 44.0. The fourth-order valence-corrected chi connectivity index (χ4v) is 11.6.